The first-order valence-electron chi connectivity index (χ1n) is 6.58. The van der Waals surface area contributed by atoms with Crippen LogP contribution in [-0.2, 0) is 19.1 Å². The monoisotopic (exact) mass is 299 g/mol. The molecule has 0 saturated heterocycles. The quantitative estimate of drug-likeness (QED) is 0.340. The van der Waals surface area contributed by atoms with Crippen LogP contribution in [0.5, 0.6) is 0 Å². The third kappa shape index (κ3) is 7.96. The molecule has 0 aliphatic rings. The van der Waals surface area contributed by atoms with Crippen molar-refractivity contribution in [3.8, 4) is 0 Å². The van der Waals surface area contributed by atoms with Crippen LogP contribution in [0.15, 0.2) is 0 Å². The van der Waals surface area contributed by atoms with Crippen molar-refractivity contribution in [2.24, 2.45) is 5.92 Å². The number of Topliss-reactive ketones (excluding diaryl/α,β-unsaturated/α-hetero) is 1. The van der Waals surface area contributed by atoms with Crippen molar-refractivity contribution in [1.29, 1.82) is 0 Å². The van der Waals surface area contributed by atoms with Crippen LogP contribution in [-0.4, -0.2) is 53.0 Å². The number of carbonyl (C=O) groups is 3. The summed E-state index contributed by atoms with van der Waals surface area (Å²) in [6.07, 6.45) is 0.177. The Bertz CT molecular complexity index is 430. The number of carbonyl (C=O) groups excluding carboxylic acids is 2. The van der Waals surface area contributed by atoms with Crippen LogP contribution >= 0.6 is 0 Å². The van der Waals surface area contributed by atoms with Gasteiger partial charge in [0, 0.05) is 13.5 Å². The fraction of sp³-hybridized carbons (Fsp3) is 0.692. The molecule has 0 saturated carbocycles. The third-order valence-electron chi connectivity index (χ3n) is 2.76. The van der Waals surface area contributed by atoms with Crippen molar-refractivity contribution >= 4 is 23.9 Å². The van der Waals surface area contributed by atoms with Crippen molar-refractivity contribution in [2.45, 2.75) is 45.3 Å². The van der Waals surface area contributed by atoms with Crippen molar-refractivity contribution in [3.63, 3.8) is 0 Å². The van der Waals surface area contributed by atoms with Gasteiger partial charge in [-0.1, -0.05) is 13.8 Å². The highest BCUT2D eigenvalue weighted by molar-refractivity contribution is 6.25. The Morgan fingerprint density at radius 3 is 2.43 bits per heavy atom. The number of methoxy groups -OCH3 is 1. The lowest BCUT2D eigenvalue weighted by Gasteiger charge is -2.20. The van der Waals surface area contributed by atoms with E-state index in [1.807, 2.05) is 13.8 Å². The van der Waals surface area contributed by atoms with E-state index in [2.05, 4.69) is 10.1 Å². The molecule has 0 aromatic heterocycles. The van der Waals surface area contributed by atoms with E-state index in [0.29, 0.717) is 12.6 Å². The molecule has 0 rings (SSSR count). The highest BCUT2D eigenvalue weighted by Crippen LogP contribution is 2.09. The maximum Gasteiger partial charge on any atom is 0.326 e. The lowest BCUT2D eigenvalue weighted by atomic mass is 10.0. The summed E-state index contributed by atoms with van der Waals surface area (Å²) >= 11 is 0. The summed E-state index contributed by atoms with van der Waals surface area (Å²) in [5.41, 5.74) is 8.19. The van der Waals surface area contributed by atoms with Crippen molar-refractivity contribution in [1.82, 2.24) is 5.32 Å². The maximum absolute atomic E-state index is 11.9. The lowest BCUT2D eigenvalue weighted by Crippen LogP contribution is -2.46. The van der Waals surface area contributed by atoms with Gasteiger partial charge in [0.05, 0.1) is 0 Å². The Labute approximate surface area is 123 Å². The van der Waals surface area contributed by atoms with E-state index in [-0.39, 0.29) is 18.8 Å². The summed E-state index contributed by atoms with van der Waals surface area (Å²) in [4.78, 5) is 36.7. The van der Waals surface area contributed by atoms with E-state index in [1.165, 1.54) is 7.11 Å². The Hall–Kier alpha value is -2.05. The zero-order valence-electron chi connectivity index (χ0n) is 12.4. The number of ether oxygens (including phenoxy) is 1. The molecule has 0 radical (unpaired) electrons. The van der Waals surface area contributed by atoms with Gasteiger partial charge in [-0.15, -0.1) is 0 Å². The van der Waals surface area contributed by atoms with Crippen LogP contribution in [0, 0.1) is 5.92 Å². The molecule has 0 spiro atoms. The third-order valence-corrected chi connectivity index (χ3v) is 2.76. The van der Waals surface area contributed by atoms with E-state index < -0.39 is 29.8 Å². The predicted octanol–water partition coefficient (Wildman–Crippen LogP) is 0.267. The number of rotatable bonds is 10. The molecule has 118 valence electrons. The number of carboxylic acids is 1. The first-order valence-corrected chi connectivity index (χ1v) is 6.58. The van der Waals surface area contributed by atoms with Gasteiger partial charge in [0.15, 0.2) is 0 Å². The van der Waals surface area contributed by atoms with Gasteiger partial charge in [-0.05, 0) is 18.8 Å². The Balaban J connectivity index is 4.61. The Morgan fingerprint density at radius 1 is 1.38 bits per heavy atom. The average Bonchev–Trinajstić information content (AvgIpc) is 2.40. The van der Waals surface area contributed by atoms with Gasteiger partial charge in [-0.2, -0.15) is 4.79 Å². The average molecular weight is 299 g/mol. The Kier molecular flexibility index (Phi) is 8.84. The fourth-order valence-corrected chi connectivity index (χ4v) is 1.68. The van der Waals surface area contributed by atoms with Crippen LogP contribution in [0.3, 0.4) is 0 Å². The van der Waals surface area contributed by atoms with Crippen LogP contribution < -0.4 is 5.32 Å². The molecule has 8 nitrogen and oxygen atoms in total. The van der Waals surface area contributed by atoms with Crippen molar-refractivity contribution in [2.75, 3.05) is 7.11 Å². The molecule has 2 atom stereocenters. The summed E-state index contributed by atoms with van der Waals surface area (Å²) in [7, 11) is 1.38. The van der Waals surface area contributed by atoms with Crippen LogP contribution in [0.2, 0.25) is 0 Å². The molecule has 8 heteroatoms. The molecule has 1 amide bonds. The van der Waals surface area contributed by atoms with E-state index in [1.54, 1.807) is 0 Å². The minimum absolute atomic E-state index is 0.0932. The second-order valence-electron chi connectivity index (χ2n) is 5.00. The lowest BCUT2D eigenvalue weighted by molar-refractivity contribution is -0.144. The molecule has 21 heavy (non-hydrogen) atoms. The summed E-state index contributed by atoms with van der Waals surface area (Å²) in [6, 6.07) is -1.20. The molecule has 0 unspecified atom stereocenters. The normalized spacial score (nSPS) is 13.1. The summed E-state index contributed by atoms with van der Waals surface area (Å²) in [5.74, 6) is -2.08. The minimum Gasteiger partial charge on any atom is -0.480 e. The fourth-order valence-electron chi connectivity index (χ4n) is 1.68. The minimum atomic E-state index is -1.24. The zero-order valence-corrected chi connectivity index (χ0v) is 12.4. The number of hydrogen-bond donors (Lipinski definition) is 2. The highest BCUT2D eigenvalue weighted by atomic mass is 16.5. The van der Waals surface area contributed by atoms with Crippen molar-refractivity contribution in [3.05, 3.63) is 5.53 Å². The van der Waals surface area contributed by atoms with E-state index in [0.717, 1.165) is 0 Å². The number of amides is 1. The van der Waals surface area contributed by atoms with E-state index in [4.69, 9.17) is 15.4 Å². The largest absolute Gasteiger partial charge is 0.480 e. The van der Waals surface area contributed by atoms with Crippen LogP contribution in [0.25, 0.3) is 5.53 Å². The molecular weight excluding hydrogens is 278 g/mol. The molecule has 0 fully saturated rings. The second kappa shape index (κ2) is 9.79. The second-order valence-corrected chi connectivity index (χ2v) is 5.00. The number of aliphatic carboxylic acids is 1. The molecule has 0 aromatic rings. The zero-order chi connectivity index (χ0) is 16.4. The van der Waals surface area contributed by atoms with Gasteiger partial charge in [0.1, 0.15) is 12.1 Å². The molecule has 0 heterocycles. The van der Waals surface area contributed by atoms with E-state index in [9.17, 15) is 14.4 Å². The van der Waals surface area contributed by atoms with Gasteiger partial charge in [-0.3, -0.25) is 9.59 Å². The SMILES string of the molecule is CO[C@@H](CC(C)C)C(=O)N[C@@H](CCC(=O)C=[N+]=[N-])C(=O)O. The molecule has 0 bridgehead atoms. The van der Waals surface area contributed by atoms with Gasteiger partial charge in [0.2, 0.25) is 11.7 Å². The molecule has 0 aliphatic heterocycles. The van der Waals surface area contributed by atoms with Crippen molar-refractivity contribution < 1.29 is 29.0 Å². The summed E-state index contributed by atoms with van der Waals surface area (Å²) < 4.78 is 5.04. The number of ketones is 1. The van der Waals surface area contributed by atoms with Gasteiger partial charge < -0.3 is 20.7 Å². The molecule has 0 aromatic carbocycles. The summed E-state index contributed by atoms with van der Waals surface area (Å²) in [6.45, 7) is 3.84. The van der Waals surface area contributed by atoms with Gasteiger partial charge in [0.25, 0.3) is 0 Å². The van der Waals surface area contributed by atoms with Crippen LogP contribution in [0.1, 0.15) is 33.1 Å². The van der Waals surface area contributed by atoms with Crippen LogP contribution in [0.4, 0.5) is 0 Å². The number of nitrogens with one attached hydrogen (secondary N) is 1. The molecular formula is C13H21N3O5. The first-order chi connectivity index (χ1) is 9.81. The number of hydrogen-bond acceptors (Lipinski definition) is 4. The summed E-state index contributed by atoms with van der Waals surface area (Å²) in [5, 5.41) is 11.4. The Morgan fingerprint density at radius 2 is 2.00 bits per heavy atom. The smallest absolute Gasteiger partial charge is 0.326 e. The van der Waals surface area contributed by atoms with E-state index >= 15 is 0 Å². The predicted molar refractivity (Wildman–Crippen MR) is 73.7 cm³/mol. The standard InChI is InChI=1S/C13H21N3O5/c1-8(2)6-11(21-3)12(18)16-10(13(19)20)5-4-9(17)7-15-14/h7-8,10-11H,4-6H2,1-3H3,(H,16,18)(H,19,20)/t10-,11-/m0/s1. The highest BCUT2D eigenvalue weighted by Gasteiger charge is 2.26. The number of nitrogens with zero attached hydrogens (tertiary/aromatic N) is 2. The topological polar surface area (TPSA) is 129 Å². The molecule has 0 aliphatic carbocycles. The van der Waals surface area contributed by atoms with Gasteiger partial charge in [-0.25, -0.2) is 4.79 Å². The molecule has 2 N–H and O–H groups in total. The first kappa shape index (κ1) is 18.9. The van der Waals surface area contributed by atoms with Gasteiger partial charge >= 0.3 is 12.2 Å². The maximum atomic E-state index is 11.9. The number of carboxylic acid groups (broad SMARTS) is 1.